The minimum absolute atomic E-state index is 0.00586. The largest absolute Gasteiger partial charge is 0.494 e. The van der Waals surface area contributed by atoms with Gasteiger partial charge in [0.05, 0.1) is 16.6 Å². The topological polar surface area (TPSA) is 124 Å². The molecule has 168 valence electrons. The second-order valence-electron chi connectivity index (χ2n) is 8.02. The fourth-order valence-electron chi connectivity index (χ4n) is 3.90. The standard InChI is InChI=1S/C23H29N7O2/c1-16-5-7-17(8-6-16)25-14-18-20-21(28-23(18)32)26-15-27-22(20)30-12-10-29(11-13-30)19(31)4-2-3-9-24/h5-8,14-15,32H,2-4,9-13,24H2,1H3,(H,26,27,28). The molecular formula is C23H29N7O2. The monoisotopic (exact) mass is 435 g/mol. The van der Waals surface area contributed by atoms with Gasteiger partial charge in [0.1, 0.15) is 17.8 Å². The molecule has 0 aliphatic carbocycles. The summed E-state index contributed by atoms with van der Waals surface area (Å²) < 4.78 is 0. The summed E-state index contributed by atoms with van der Waals surface area (Å²) >= 11 is 0. The molecule has 0 unspecified atom stereocenters. The normalized spacial score (nSPS) is 14.6. The number of hydrogen-bond donors (Lipinski definition) is 3. The number of nitrogens with two attached hydrogens (primary N) is 1. The van der Waals surface area contributed by atoms with Gasteiger partial charge in [0.15, 0.2) is 5.88 Å². The second kappa shape index (κ2) is 9.78. The minimum atomic E-state index is 0.00586. The summed E-state index contributed by atoms with van der Waals surface area (Å²) in [7, 11) is 0. The number of rotatable bonds is 7. The van der Waals surface area contributed by atoms with Gasteiger partial charge in [-0.05, 0) is 38.4 Å². The lowest BCUT2D eigenvalue weighted by atomic mass is 10.2. The maximum atomic E-state index is 12.4. The van der Waals surface area contributed by atoms with Crippen LogP contribution >= 0.6 is 0 Å². The predicted molar refractivity (Wildman–Crippen MR) is 126 cm³/mol. The molecule has 1 fully saturated rings. The number of nitrogens with one attached hydrogen (secondary N) is 1. The van der Waals surface area contributed by atoms with Crippen LogP contribution in [-0.2, 0) is 4.79 Å². The van der Waals surface area contributed by atoms with E-state index >= 15 is 0 Å². The van der Waals surface area contributed by atoms with Crippen LogP contribution in [0.3, 0.4) is 0 Å². The number of benzene rings is 1. The Morgan fingerprint density at radius 1 is 1.19 bits per heavy atom. The van der Waals surface area contributed by atoms with Crippen LogP contribution in [0.1, 0.15) is 30.4 Å². The number of fused-ring (bicyclic) bond motifs is 1. The molecule has 1 aliphatic heterocycles. The van der Waals surface area contributed by atoms with E-state index in [4.69, 9.17) is 5.73 Å². The lowest BCUT2D eigenvalue weighted by Gasteiger charge is -2.35. The van der Waals surface area contributed by atoms with E-state index in [9.17, 15) is 9.90 Å². The van der Waals surface area contributed by atoms with E-state index in [-0.39, 0.29) is 11.8 Å². The first-order valence-electron chi connectivity index (χ1n) is 11.0. The molecule has 0 atom stereocenters. The van der Waals surface area contributed by atoms with Crippen molar-refractivity contribution in [3.63, 3.8) is 0 Å². The Bertz CT molecular complexity index is 1100. The molecular weight excluding hydrogens is 406 g/mol. The summed E-state index contributed by atoms with van der Waals surface area (Å²) in [5, 5.41) is 11.2. The lowest BCUT2D eigenvalue weighted by molar-refractivity contribution is -0.131. The number of hydrogen-bond acceptors (Lipinski definition) is 7. The summed E-state index contributed by atoms with van der Waals surface area (Å²) in [5.74, 6) is 0.912. The van der Waals surface area contributed by atoms with E-state index in [0.29, 0.717) is 50.4 Å². The zero-order chi connectivity index (χ0) is 22.5. The maximum absolute atomic E-state index is 12.4. The van der Waals surface area contributed by atoms with E-state index in [2.05, 4.69) is 24.8 Å². The number of H-pyrrole nitrogens is 1. The Balaban J connectivity index is 1.54. The van der Waals surface area contributed by atoms with Crippen LogP contribution in [0.2, 0.25) is 0 Å². The molecule has 0 bridgehead atoms. The highest BCUT2D eigenvalue weighted by atomic mass is 16.3. The van der Waals surface area contributed by atoms with Crippen molar-refractivity contribution in [2.45, 2.75) is 26.2 Å². The summed E-state index contributed by atoms with van der Waals surface area (Å²) in [5.41, 5.74) is 8.58. The van der Waals surface area contributed by atoms with E-state index in [0.717, 1.165) is 35.3 Å². The molecule has 9 nitrogen and oxygen atoms in total. The summed E-state index contributed by atoms with van der Waals surface area (Å²) in [6.45, 7) is 5.23. The zero-order valence-corrected chi connectivity index (χ0v) is 18.3. The minimum Gasteiger partial charge on any atom is -0.494 e. The van der Waals surface area contributed by atoms with Crippen molar-refractivity contribution >= 4 is 34.7 Å². The molecule has 4 N–H and O–H groups in total. The van der Waals surface area contributed by atoms with Crippen LogP contribution in [0.4, 0.5) is 11.5 Å². The highest BCUT2D eigenvalue weighted by Gasteiger charge is 2.25. The highest BCUT2D eigenvalue weighted by molar-refractivity contribution is 6.06. The van der Waals surface area contributed by atoms with Gasteiger partial charge in [-0.3, -0.25) is 9.79 Å². The molecule has 1 amide bonds. The molecule has 0 spiro atoms. The van der Waals surface area contributed by atoms with E-state index < -0.39 is 0 Å². The number of carbonyl (C=O) groups is 1. The van der Waals surface area contributed by atoms with Gasteiger partial charge in [-0.2, -0.15) is 0 Å². The first-order chi connectivity index (χ1) is 15.6. The van der Waals surface area contributed by atoms with Crippen molar-refractivity contribution in [1.82, 2.24) is 19.9 Å². The summed E-state index contributed by atoms with van der Waals surface area (Å²) in [6, 6.07) is 7.85. The number of carbonyl (C=O) groups excluding carboxylic acids is 1. The number of aliphatic imine (C=N–C) groups is 1. The third-order valence-electron chi connectivity index (χ3n) is 5.74. The molecule has 32 heavy (non-hydrogen) atoms. The number of piperazine rings is 1. The third-order valence-corrected chi connectivity index (χ3v) is 5.74. The van der Waals surface area contributed by atoms with Gasteiger partial charge in [0, 0.05) is 38.8 Å². The van der Waals surface area contributed by atoms with E-state index in [1.54, 1.807) is 6.21 Å². The fourth-order valence-corrected chi connectivity index (χ4v) is 3.90. The lowest BCUT2D eigenvalue weighted by Crippen LogP contribution is -2.49. The van der Waals surface area contributed by atoms with Gasteiger partial charge in [-0.1, -0.05) is 17.7 Å². The summed E-state index contributed by atoms with van der Waals surface area (Å²) in [4.78, 5) is 32.7. The van der Waals surface area contributed by atoms with Crippen LogP contribution in [0, 0.1) is 6.92 Å². The van der Waals surface area contributed by atoms with Gasteiger partial charge in [-0.25, -0.2) is 9.97 Å². The second-order valence-corrected chi connectivity index (χ2v) is 8.02. The molecule has 2 aromatic heterocycles. The van der Waals surface area contributed by atoms with Crippen LogP contribution < -0.4 is 10.6 Å². The number of aryl methyl sites for hydroxylation is 1. The van der Waals surface area contributed by atoms with E-state index in [1.807, 2.05) is 36.1 Å². The van der Waals surface area contributed by atoms with Crippen molar-refractivity contribution in [3.05, 3.63) is 41.7 Å². The molecule has 1 aliphatic rings. The fraction of sp³-hybridized carbons (Fsp3) is 0.391. The van der Waals surface area contributed by atoms with Crippen LogP contribution in [0.5, 0.6) is 5.88 Å². The average Bonchev–Trinajstić information content (AvgIpc) is 3.14. The number of anilines is 1. The number of aromatic hydroxyl groups is 1. The molecule has 4 rings (SSSR count). The Labute approximate surface area is 187 Å². The first kappa shape index (κ1) is 21.8. The van der Waals surface area contributed by atoms with E-state index in [1.165, 1.54) is 6.33 Å². The smallest absolute Gasteiger partial charge is 0.222 e. The van der Waals surface area contributed by atoms with Gasteiger partial charge < -0.3 is 25.6 Å². The molecule has 1 aromatic carbocycles. The molecule has 9 heteroatoms. The number of nitrogens with zero attached hydrogens (tertiary/aromatic N) is 5. The number of aromatic amines is 1. The molecule has 1 saturated heterocycles. The van der Waals surface area contributed by atoms with Crippen LogP contribution in [0.25, 0.3) is 11.0 Å². The van der Waals surface area contributed by atoms with Crippen molar-refractivity contribution in [2.24, 2.45) is 10.7 Å². The van der Waals surface area contributed by atoms with Crippen molar-refractivity contribution in [3.8, 4) is 5.88 Å². The SMILES string of the molecule is Cc1ccc(N=Cc2c(O)[nH]c3ncnc(N4CCN(C(=O)CCCCN)CC4)c23)cc1. The Kier molecular flexibility index (Phi) is 6.65. The number of unbranched alkanes of at least 4 members (excludes halogenated alkanes) is 1. The van der Waals surface area contributed by atoms with Gasteiger partial charge >= 0.3 is 0 Å². The Morgan fingerprint density at radius 2 is 1.94 bits per heavy atom. The highest BCUT2D eigenvalue weighted by Crippen LogP contribution is 2.32. The summed E-state index contributed by atoms with van der Waals surface area (Å²) in [6.07, 6.45) is 5.37. The van der Waals surface area contributed by atoms with Crippen LogP contribution in [-0.4, -0.2) is 69.8 Å². The third kappa shape index (κ3) is 4.72. The Hall–Kier alpha value is -3.46. The van der Waals surface area contributed by atoms with Crippen molar-refractivity contribution in [2.75, 3.05) is 37.6 Å². The van der Waals surface area contributed by atoms with Gasteiger partial charge in [0.25, 0.3) is 0 Å². The molecule has 0 saturated carbocycles. The quantitative estimate of drug-likeness (QED) is 0.387. The number of aromatic nitrogens is 3. The average molecular weight is 436 g/mol. The molecule has 0 radical (unpaired) electrons. The first-order valence-corrected chi connectivity index (χ1v) is 11.0. The molecule has 3 aromatic rings. The maximum Gasteiger partial charge on any atom is 0.222 e. The van der Waals surface area contributed by atoms with Gasteiger partial charge in [0.2, 0.25) is 5.91 Å². The van der Waals surface area contributed by atoms with Gasteiger partial charge in [-0.15, -0.1) is 0 Å². The predicted octanol–water partition coefficient (Wildman–Crippen LogP) is 2.50. The number of amides is 1. The zero-order valence-electron chi connectivity index (χ0n) is 18.3. The van der Waals surface area contributed by atoms with Crippen molar-refractivity contribution in [1.29, 1.82) is 0 Å². The van der Waals surface area contributed by atoms with Crippen LogP contribution in [0.15, 0.2) is 35.6 Å². The molecule has 3 heterocycles. The Morgan fingerprint density at radius 3 is 2.66 bits per heavy atom. The van der Waals surface area contributed by atoms with Crippen molar-refractivity contribution < 1.29 is 9.90 Å².